The van der Waals surface area contributed by atoms with Crippen molar-refractivity contribution in [2.24, 2.45) is 0 Å². The van der Waals surface area contributed by atoms with Crippen molar-refractivity contribution in [3.63, 3.8) is 0 Å². The van der Waals surface area contributed by atoms with Crippen LogP contribution in [0.1, 0.15) is 22.2 Å². The number of likely N-dealkylation sites (N-methyl/N-ethyl adjacent to an activating group) is 1. The van der Waals surface area contributed by atoms with E-state index in [1.54, 1.807) is 32.5 Å². The predicted octanol–water partition coefficient (Wildman–Crippen LogP) is 1.64. The Morgan fingerprint density at radius 2 is 2.05 bits per heavy atom. The van der Waals surface area contributed by atoms with Crippen molar-refractivity contribution in [1.82, 2.24) is 14.9 Å². The summed E-state index contributed by atoms with van der Waals surface area (Å²) in [5.41, 5.74) is 0.725. The van der Waals surface area contributed by atoms with Crippen molar-refractivity contribution in [1.29, 1.82) is 0 Å². The topological polar surface area (TPSA) is 75.5 Å². The van der Waals surface area contributed by atoms with E-state index in [1.807, 2.05) is 12.1 Å². The minimum absolute atomic E-state index is 0.0111. The van der Waals surface area contributed by atoms with Gasteiger partial charge in [-0.3, -0.25) is 9.78 Å². The summed E-state index contributed by atoms with van der Waals surface area (Å²) in [5.74, 6) is -0.535. The smallest absolute Gasteiger partial charge is 0.276 e. The molecule has 21 heavy (non-hydrogen) atoms. The van der Waals surface area contributed by atoms with E-state index in [2.05, 4.69) is 9.97 Å². The molecule has 2 aromatic rings. The fraction of sp³-hybridized carbons (Fsp3) is 0.267. The molecule has 1 unspecified atom stereocenters. The summed E-state index contributed by atoms with van der Waals surface area (Å²) in [4.78, 5) is 22.1. The van der Waals surface area contributed by atoms with Crippen LogP contribution < -0.4 is 0 Å². The molecule has 6 heteroatoms. The average Bonchev–Trinajstić information content (AvgIpc) is 2.52. The standard InChI is InChI=1S/C15H17N3O3/c1-18(15(20)14-13(19)7-5-9-17-14)12(10-21-2)11-6-3-4-8-16-11/h3-9,12,19H,10H2,1-2H3. The summed E-state index contributed by atoms with van der Waals surface area (Å²) in [6.07, 6.45) is 3.13. The highest BCUT2D eigenvalue weighted by atomic mass is 16.5. The first-order valence-corrected chi connectivity index (χ1v) is 6.46. The van der Waals surface area contributed by atoms with Gasteiger partial charge in [0.1, 0.15) is 5.75 Å². The zero-order chi connectivity index (χ0) is 15.2. The molecule has 2 aromatic heterocycles. The second kappa shape index (κ2) is 6.81. The number of ether oxygens (including phenoxy) is 1. The first-order valence-electron chi connectivity index (χ1n) is 6.46. The molecule has 2 rings (SSSR count). The number of carbonyl (C=O) groups excluding carboxylic acids is 1. The van der Waals surface area contributed by atoms with Crippen molar-refractivity contribution >= 4 is 5.91 Å². The highest BCUT2D eigenvalue weighted by molar-refractivity contribution is 5.94. The first kappa shape index (κ1) is 14.9. The number of carbonyl (C=O) groups is 1. The molecule has 0 fully saturated rings. The third-order valence-corrected chi connectivity index (χ3v) is 3.13. The Kier molecular flexibility index (Phi) is 4.84. The van der Waals surface area contributed by atoms with Crippen molar-refractivity contribution in [3.8, 4) is 5.75 Å². The zero-order valence-electron chi connectivity index (χ0n) is 11.9. The molecule has 110 valence electrons. The zero-order valence-corrected chi connectivity index (χ0v) is 11.9. The van der Waals surface area contributed by atoms with E-state index in [-0.39, 0.29) is 23.4 Å². The Hall–Kier alpha value is -2.47. The van der Waals surface area contributed by atoms with Gasteiger partial charge in [0, 0.05) is 26.6 Å². The van der Waals surface area contributed by atoms with Gasteiger partial charge in [-0.25, -0.2) is 4.98 Å². The van der Waals surface area contributed by atoms with Crippen LogP contribution in [0.3, 0.4) is 0 Å². The minimum Gasteiger partial charge on any atom is -0.505 e. The molecular formula is C15H17N3O3. The molecule has 6 nitrogen and oxygen atoms in total. The first-order chi connectivity index (χ1) is 10.1. The van der Waals surface area contributed by atoms with E-state index in [0.717, 1.165) is 0 Å². The van der Waals surface area contributed by atoms with Crippen molar-refractivity contribution in [3.05, 3.63) is 54.1 Å². The molecule has 1 amide bonds. The molecule has 0 bridgehead atoms. The molecule has 1 N–H and O–H groups in total. The van der Waals surface area contributed by atoms with E-state index < -0.39 is 0 Å². The lowest BCUT2D eigenvalue weighted by Crippen LogP contribution is -2.34. The summed E-state index contributed by atoms with van der Waals surface area (Å²) < 4.78 is 5.18. The van der Waals surface area contributed by atoms with Crippen LogP contribution in [-0.4, -0.2) is 46.6 Å². The molecule has 0 aliphatic carbocycles. The van der Waals surface area contributed by atoms with Gasteiger partial charge in [0.05, 0.1) is 18.3 Å². The SMILES string of the molecule is COCC(c1ccccn1)N(C)C(=O)c1ncccc1O. The van der Waals surface area contributed by atoms with Gasteiger partial charge in [0.2, 0.25) is 0 Å². The number of aromatic nitrogens is 2. The maximum atomic E-state index is 12.5. The number of aromatic hydroxyl groups is 1. The summed E-state index contributed by atoms with van der Waals surface area (Å²) >= 11 is 0. The maximum absolute atomic E-state index is 12.5. The fourth-order valence-electron chi connectivity index (χ4n) is 2.00. The lowest BCUT2D eigenvalue weighted by molar-refractivity contribution is 0.0586. The lowest BCUT2D eigenvalue weighted by Gasteiger charge is -2.27. The second-order valence-electron chi connectivity index (χ2n) is 4.51. The number of nitrogens with zero attached hydrogens (tertiary/aromatic N) is 3. The summed E-state index contributed by atoms with van der Waals surface area (Å²) in [6.45, 7) is 0.298. The number of rotatable bonds is 5. The molecule has 2 heterocycles. The van der Waals surface area contributed by atoms with E-state index in [1.165, 1.54) is 17.2 Å². The Morgan fingerprint density at radius 1 is 1.29 bits per heavy atom. The molecule has 0 saturated heterocycles. The van der Waals surface area contributed by atoms with Gasteiger partial charge in [0.15, 0.2) is 5.69 Å². The van der Waals surface area contributed by atoms with Crippen molar-refractivity contribution in [2.45, 2.75) is 6.04 Å². The van der Waals surface area contributed by atoms with Crippen LogP contribution >= 0.6 is 0 Å². The highest BCUT2D eigenvalue weighted by Gasteiger charge is 2.26. The summed E-state index contributed by atoms with van der Waals surface area (Å²) in [5, 5.41) is 9.76. The number of amides is 1. The van der Waals surface area contributed by atoms with Gasteiger partial charge < -0.3 is 14.7 Å². The lowest BCUT2D eigenvalue weighted by atomic mass is 10.1. The molecule has 0 saturated carbocycles. The average molecular weight is 287 g/mol. The van der Waals surface area contributed by atoms with Gasteiger partial charge >= 0.3 is 0 Å². The second-order valence-corrected chi connectivity index (χ2v) is 4.51. The fourth-order valence-corrected chi connectivity index (χ4v) is 2.00. The minimum atomic E-state index is -0.388. The number of methoxy groups -OCH3 is 1. The number of hydrogen-bond acceptors (Lipinski definition) is 5. The third kappa shape index (κ3) is 3.35. The van der Waals surface area contributed by atoms with Gasteiger partial charge in [-0.15, -0.1) is 0 Å². The van der Waals surface area contributed by atoms with Crippen LogP contribution in [0.2, 0.25) is 0 Å². The molecule has 0 radical (unpaired) electrons. The molecule has 0 aromatic carbocycles. The van der Waals surface area contributed by atoms with E-state index in [9.17, 15) is 9.90 Å². The van der Waals surface area contributed by atoms with Crippen molar-refractivity contribution < 1.29 is 14.6 Å². The molecular weight excluding hydrogens is 270 g/mol. The van der Waals surface area contributed by atoms with Crippen LogP contribution in [0.5, 0.6) is 5.75 Å². The van der Waals surface area contributed by atoms with E-state index >= 15 is 0 Å². The Balaban J connectivity index is 2.29. The number of pyridine rings is 2. The highest BCUT2D eigenvalue weighted by Crippen LogP contribution is 2.22. The van der Waals surface area contributed by atoms with Crippen LogP contribution in [0.4, 0.5) is 0 Å². The van der Waals surface area contributed by atoms with Crippen LogP contribution in [0.15, 0.2) is 42.7 Å². The van der Waals surface area contributed by atoms with Crippen LogP contribution in [-0.2, 0) is 4.74 Å². The normalized spacial score (nSPS) is 11.9. The van der Waals surface area contributed by atoms with Gasteiger partial charge in [-0.2, -0.15) is 0 Å². The quantitative estimate of drug-likeness (QED) is 0.904. The third-order valence-electron chi connectivity index (χ3n) is 3.13. The van der Waals surface area contributed by atoms with E-state index in [0.29, 0.717) is 12.3 Å². The van der Waals surface area contributed by atoms with E-state index in [4.69, 9.17) is 4.74 Å². The van der Waals surface area contributed by atoms with Crippen LogP contribution in [0, 0.1) is 0 Å². The Bertz CT molecular complexity index is 604. The summed E-state index contributed by atoms with van der Waals surface area (Å²) in [6, 6.07) is 8.12. The molecule has 0 spiro atoms. The largest absolute Gasteiger partial charge is 0.505 e. The monoisotopic (exact) mass is 287 g/mol. The molecule has 1 atom stereocenters. The molecule has 0 aliphatic rings. The number of hydrogen-bond donors (Lipinski definition) is 1. The maximum Gasteiger partial charge on any atom is 0.276 e. The predicted molar refractivity (Wildman–Crippen MR) is 76.8 cm³/mol. The van der Waals surface area contributed by atoms with Gasteiger partial charge in [-0.1, -0.05) is 6.07 Å². The Morgan fingerprint density at radius 3 is 2.67 bits per heavy atom. The van der Waals surface area contributed by atoms with Crippen molar-refractivity contribution in [2.75, 3.05) is 20.8 Å². The van der Waals surface area contributed by atoms with Gasteiger partial charge in [-0.05, 0) is 24.3 Å². The van der Waals surface area contributed by atoms with Crippen LogP contribution in [0.25, 0.3) is 0 Å². The Labute approximate surface area is 123 Å². The molecule has 0 aliphatic heterocycles. The van der Waals surface area contributed by atoms with Gasteiger partial charge in [0.25, 0.3) is 5.91 Å². The summed E-state index contributed by atoms with van der Waals surface area (Å²) in [7, 11) is 3.20.